The van der Waals surface area contributed by atoms with Crippen molar-refractivity contribution in [1.82, 2.24) is 4.57 Å². The van der Waals surface area contributed by atoms with Crippen molar-refractivity contribution in [2.24, 2.45) is 0 Å². The van der Waals surface area contributed by atoms with E-state index in [2.05, 4.69) is 218 Å². The Bertz CT molecular complexity index is 2840. The molecule has 55 heavy (non-hydrogen) atoms. The highest BCUT2D eigenvalue weighted by Gasteiger charge is 2.35. The summed E-state index contributed by atoms with van der Waals surface area (Å²) >= 11 is 0. The van der Waals surface area contributed by atoms with Crippen LogP contribution in [0.15, 0.2) is 188 Å². The summed E-state index contributed by atoms with van der Waals surface area (Å²) in [7, 11) is 0. The Hall–Kier alpha value is -6.64. The van der Waals surface area contributed by atoms with Gasteiger partial charge in [-0.3, -0.25) is 0 Å². The largest absolute Gasteiger partial charge is 0.310 e. The molecule has 9 aromatic rings. The topological polar surface area (TPSA) is 8.17 Å². The number of benzene rings is 8. The van der Waals surface area contributed by atoms with Crippen molar-refractivity contribution in [3.8, 4) is 39.1 Å². The summed E-state index contributed by atoms with van der Waals surface area (Å²) in [5, 5.41) is 2.53. The van der Waals surface area contributed by atoms with Crippen LogP contribution in [0.5, 0.6) is 0 Å². The van der Waals surface area contributed by atoms with E-state index >= 15 is 0 Å². The minimum atomic E-state index is -0.0879. The molecule has 2 nitrogen and oxygen atoms in total. The molecule has 0 N–H and O–H groups in total. The molecule has 1 aliphatic carbocycles. The van der Waals surface area contributed by atoms with Gasteiger partial charge in [-0.15, -0.1) is 0 Å². The highest BCUT2D eigenvalue weighted by molar-refractivity contribution is 6.10. The lowest BCUT2D eigenvalue weighted by molar-refractivity contribution is 0.660. The lowest BCUT2D eigenvalue weighted by atomic mass is 9.82. The molecule has 0 aliphatic heterocycles. The first-order valence-electron chi connectivity index (χ1n) is 19.4. The third-order valence-electron chi connectivity index (χ3n) is 11.8. The number of aryl methyl sites for hydroxylation is 1. The van der Waals surface area contributed by atoms with Crippen LogP contribution in [0.1, 0.15) is 37.5 Å². The monoisotopic (exact) mass is 706 g/mol. The fraction of sp³-hybridized carbons (Fsp3) is 0.0943. The summed E-state index contributed by atoms with van der Waals surface area (Å²) in [5.41, 5.74) is 18.6. The van der Waals surface area contributed by atoms with Crippen LogP contribution in [0.25, 0.3) is 60.9 Å². The van der Waals surface area contributed by atoms with Crippen LogP contribution in [0.3, 0.4) is 0 Å². The molecule has 1 aromatic heterocycles. The third kappa shape index (κ3) is 5.48. The minimum Gasteiger partial charge on any atom is -0.310 e. The maximum atomic E-state index is 2.41. The molecule has 264 valence electrons. The highest BCUT2D eigenvalue weighted by Crippen LogP contribution is 2.50. The molecule has 1 aliphatic rings. The van der Waals surface area contributed by atoms with E-state index in [4.69, 9.17) is 0 Å². The van der Waals surface area contributed by atoms with Crippen molar-refractivity contribution in [1.29, 1.82) is 0 Å². The predicted molar refractivity (Wildman–Crippen MR) is 233 cm³/mol. The molecular weight excluding hydrogens is 665 g/mol. The zero-order valence-electron chi connectivity index (χ0n) is 31.5. The van der Waals surface area contributed by atoms with Crippen LogP contribution < -0.4 is 4.90 Å². The van der Waals surface area contributed by atoms with Gasteiger partial charge in [0.05, 0.1) is 11.0 Å². The smallest absolute Gasteiger partial charge is 0.0541 e. The predicted octanol–water partition coefficient (Wildman–Crippen LogP) is 14.5. The first-order valence-corrected chi connectivity index (χ1v) is 19.4. The molecule has 1 heterocycles. The van der Waals surface area contributed by atoms with Crippen LogP contribution >= 0.6 is 0 Å². The van der Waals surface area contributed by atoms with Crippen LogP contribution in [0.4, 0.5) is 17.1 Å². The quantitative estimate of drug-likeness (QED) is 0.160. The van der Waals surface area contributed by atoms with Crippen molar-refractivity contribution in [2.75, 3.05) is 4.90 Å². The van der Waals surface area contributed by atoms with Gasteiger partial charge in [-0.05, 0) is 123 Å². The molecule has 0 bridgehead atoms. The second kappa shape index (κ2) is 13.0. The number of nitrogens with zero attached hydrogens (tertiary/aromatic N) is 2. The molecule has 2 heteroatoms. The minimum absolute atomic E-state index is 0.0879. The van der Waals surface area contributed by atoms with E-state index in [-0.39, 0.29) is 5.41 Å². The molecule has 0 fully saturated rings. The Morgan fingerprint density at radius 1 is 0.436 bits per heavy atom. The number of anilines is 3. The van der Waals surface area contributed by atoms with Crippen molar-refractivity contribution in [2.45, 2.75) is 32.6 Å². The second-order valence-corrected chi connectivity index (χ2v) is 15.3. The van der Waals surface area contributed by atoms with E-state index in [1.807, 2.05) is 0 Å². The molecule has 8 aromatic carbocycles. The van der Waals surface area contributed by atoms with E-state index in [0.29, 0.717) is 0 Å². The van der Waals surface area contributed by atoms with Crippen LogP contribution in [-0.2, 0) is 11.8 Å². The number of hydrogen-bond donors (Lipinski definition) is 0. The van der Waals surface area contributed by atoms with Crippen LogP contribution in [0, 0.1) is 0 Å². The molecule has 0 radical (unpaired) electrons. The van der Waals surface area contributed by atoms with Gasteiger partial charge in [0.2, 0.25) is 0 Å². The summed E-state index contributed by atoms with van der Waals surface area (Å²) in [4.78, 5) is 2.40. The lowest BCUT2D eigenvalue weighted by Crippen LogP contribution is -2.16. The lowest BCUT2D eigenvalue weighted by Gasteiger charge is -2.28. The molecule has 0 spiro atoms. The first-order chi connectivity index (χ1) is 27.0. The number of rotatable bonds is 7. The summed E-state index contributed by atoms with van der Waals surface area (Å²) in [6, 6.07) is 69.3. The number of hydrogen-bond acceptors (Lipinski definition) is 1. The summed E-state index contributed by atoms with van der Waals surface area (Å²) < 4.78 is 2.40. The second-order valence-electron chi connectivity index (χ2n) is 15.3. The zero-order valence-corrected chi connectivity index (χ0v) is 31.5. The fourth-order valence-electron chi connectivity index (χ4n) is 8.83. The third-order valence-corrected chi connectivity index (χ3v) is 11.8. The Morgan fingerprint density at radius 2 is 1.00 bits per heavy atom. The van der Waals surface area contributed by atoms with Gasteiger partial charge >= 0.3 is 0 Å². The number of para-hydroxylation sites is 1. The van der Waals surface area contributed by atoms with Gasteiger partial charge in [0.1, 0.15) is 0 Å². The summed E-state index contributed by atoms with van der Waals surface area (Å²) in [6.07, 6.45) is 1.04. The van der Waals surface area contributed by atoms with Gasteiger partial charge in [-0.1, -0.05) is 142 Å². The maximum Gasteiger partial charge on any atom is 0.0541 e. The van der Waals surface area contributed by atoms with Gasteiger partial charge < -0.3 is 9.47 Å². The van der Waals surface area contributed by atoms with Gasteiger partial charge in [-0.2, -0.15) is 0 Å². The average Bonchev–Trinajstić information content (AvgIpc) is 3.69. The highest BCUT2D eigenvalue weighted by atomic mass is 15.1. The van der Waals surface area contributed by atoms with E-state index in [1.165, 1.54) is 77.6 Å². The Kier molecular flexibility index (Phi) is 7.81. The standard InChI is InChI=1S/C53H42N2/c1-4-36-18-25-43(26-19-36)55-51-17-11-9-15-47(51)48-34-40(24-33-52(48)55)39-22-29-42(30-23-39)54(41-27-20-38(21-28-41)37-12-6-5-7-13-37)44-31-32-46-45-14-8-10-16-49(45)53(2,3)50(46)35-44/h5-35H,4H2,1-3H3. The van der Waals surface area contributed by atoms with Gasteiger partial charge in [0.25, 0.3) is 0 Å². The Morgan fingerprint density at radius 3 is 1.73 bits per heavy atom. The van der Waals surface area contributed by atoms with E-state index in [1.54, 1.807) is 0 Å². The molecule has 10 rings (SSSR count). The average molecular weight is 707 g/mol. The molecule has 0 amide bonds. The summed E-state index contributed by atoms with van der Waals surface area (Å²) in [5.74, 6) is 0. The van der Waals surface area contributed by atoms with Gasteiger partial charge in [0, 0.05) is 38.9 Å². The molecule has 0 saturated carbocycles. The van der Waals surface area contributed by atoms with E-state index < -0.39 is 0 Å². The molecular formula is C53H42N2. The van der Waals surface area contributed by atoms with Crippen LogP contribution in [0.2, 0.25) is 0 Å². The molecule has 0 unspecified atom stereocenters. The molecule has 0 saturated heterocycles. The molecule has 0 atom stereocenters. The van der Waals surface area contributed by atoms with E-state index in [9.17, 15) is 0 Å². The Labute approximate surface area is 323 Å². The number of aromatic nitrogens is 1. The maximum absolute atomic E-state index is 2.41. The Balaban J connectivity index is 1.06. The van der Waals surface area contributed by atoms with Gasteiger partial charge in [0.15, 0.2) is 0 Å². The van der Waals surface area contributed by atoms with E-state index in [0.717, 1.165) is 23.5 Å². The summed E-state index contributed by atoms with van der Waals surface area (Å²) in [6.45, 7) is 6.91. The van der Waals surface area contributed by atoms with Crippen molar-refractivity contribution in [3.63, 3.8) is 0 Å². The van der Waals surface area contributed by atoms with Crippen LogP contribution in [-0.4, -0.2) is 4.57 Å². The van der Waals surface area contributed by atoms with Crippen molar-refractivity contribution < 1.29 is 0 Å². The number of fused-ring (bicyclic) bond motifs is 6. The van der Waals surface area contributed by atoms with Crippen molar-refractivity contribution in [3.05, 3.63) is 205 Å². The van der Waals surface area contributed by atoms with Crippen molar-refractivity contribution >= 4 is 38.9 Å². The fourth-order valence-corrected chi connectivity index (χ4v) is 8.83. The normalized spacial score (nSPS) is 12.9. The SMILES string of the molecule is CCc1ccc(-n2c3ccccc3c3cc(-c4ccc(N(c5ccc(-c6ccccc6)cc5)c5ccc6c(c5)C(C)(C)c5ccccc5-6)cc4)ccc32)cc1. The first kappa shape index (κ1) is 33.0. The van der Waals surface area contributed by atoms with Gasteiger partial charge in [-0.25, -0.2) is 0 Å². The zero-order chi connectivity index (χ0) is 37.1.